The first kappa shape index (κ1) is 8.67. The summed E-state index contributed by atoms with van der Waals surface area (Å²) in [6.07, 6.45) is 0.906. The molecule has 1 saturated carbocycles. The molecule has 0 bridgehead atoms. The second-order valence-corrected chi connectivity index (χ2v) is 4.39. The van der Waals surface area contributed by atoms with Crippen LogP contribution in [0.3, 0.4) is 0 Å². The molecule has 4 heteroatoms. The predicted molar refractivity (Wildman–Crippen MR) is 49.1 cm³/mol. The Hall–Kier alpha value is -0.920. The second kappa shape index (κ2) is 2.79. The van der Waals surface area contributed by atoms with Crippen molar-refractivity contribution >= 4 is 11.3 Å². The summed E-state index contributed by atoms with van der Waals surface area (Å²) in [5.74, 6) is 0. The van der Waals surface area contributed by atoms with Gasteiger partial charge in [0.1, 0.15) is 11.1 Å². The maximum absolute atomic E-state index is 9.85. The third-order valence-electron chi connectivity index (χ3n) is 2.41. The van der Waals surface area contributed by atoms with Gasteiger partial charge in [-0.1, -0.05) is 0 Å². The molecule has 1 heterocycles. The van der Waals surface area contributed by atoms with E-state index in [9.17, 15) is 5.11 Å². The first-order chi connectivity index (χ1) is 6.18. The minimum Gasteiger partial charge on any atom is -0.384 e. The van der Waals surface area contributed by atoms with Crippen LogP contribution in [0.2, 0.25) is 0 Å². The number of aryl methyl sites for hydroxylation is 1. The molecular weight excluding hydrogens is 184 g/mol. The summed E-state index contributed by atoms with van der Waals surface area (Å²) in [7, 11) is 0. The number of thiazole rings is 1. The van der Waals surface area contributed by atoms with Crippen molar-refractivity contribution in [2.24, 2.45) is 5.41 Å². The van der Waals surface area contributed by atoms with Crippen LogP contribution in [-0.4, -0.2) is 10.1 Å². The summed E-state index contributed by atoms with van der Waals surface area (Å²) in [4.78, 5) is 4.18. The Morgan fingerprint density at radius 1 is 1.77 bits per heavy atom. The Morgan fingerprint density at radius 2 is 2.46 bits per heavy atom. The molecule has 1 atom stereocenters. The molecular formula is C9H10N2OS. The first-order valence-electron chi connectivity index (χ1n) is 4.19. The lowest BCUT2D eigenvalue weighted by atomic mass is 10.0. The van der Waals surface area contributed by atoms with Gasteiger partial charge in [0.15, 0.2) is 0 Å². The molecule has 0 saturated heterocycles. The molecule has 1 aliphatic rings. The third-order valence-corrected chi connectivity index (χ3v) is 3.42. The van der Waals surface area contributed by atoms with Crippen LogP contribution in [0.5, 0.6) is 0 Å². The van der Waals surface area contributed by atoms with E-state index in [1.165, 1.54) is 11.3 Å². The number of aliphatic hydroxyl groups is 1. The topological polar surface area (TPSA) is 56.9 Å². The van der Waals surface area contributed by atoms with Crippen LogP contribution in [0.4, 0.5) is 0 Å². The molecule has 3 nitrogen and oxygen atoms in total. The van der Waals surface area contributed by atoms with Crippen molar-refractivity contribution in [3.63, 3.8) is 0 Å². The van der Waals surface area contributed by atoms with Gasteiger partial charge in [0.2, 0.25) is 0 Å². The molecule has 0 aliphatic heterocycles. The molecule has 0 spiro atoms. The zero-order valence-electron chi connectivity index (χ0n) is 7.32. The van der Waals surface area contributed by atoms with Gasteiger partial charge in [0.25, 0.3) is 0 Å². The molecule has 1 N–H and O–H groups in total. The van der Waals surface area contributed by atoms with Crippen molar-refractivity contribution in [1.82, 2.24) is 4.98 Å². The summed E-state index contributed by atoms with van der Waals surface area (Å²) in [6.45, 7) is 1.89. The van der Waals surface area contributed by atoms with Crippen LogP contribution in [0, 0.1) is 23.7 Å². The molecule has 1 aromatic heterocycles. The van der Waals surface area contributed by atoms with E-state index in [1.54, 1.807) is 0 Å². The number of hydrogen-bond donors (Lipinski definition) is 1. The highest BCUT2D eigenvalue weighted by atomic mass is 32.1. The fourth-order valence-electron chi connectivity index (χ4n) is 1.32. The minimum atomic E-state index is -0.684. The predicted octanol–water partition coefficient (Wildman–Crippen LogP) is 1.79. The van der Waals surface area contributed by atoms with E-state index in [0.29, 0.717) is 5.01 Å². The largest absolute Gasteiger partial charge is 0.384 e. The standard InChI is InChI=1S/C9H10N2OS/c1-6-4-13-8(11-6)7(12)9(5-10)2-3-9/h4,7,12H,2-3H2,1H3. The molecule has 13 heavy (non-hydrogen) atoms. The Labute approximate surface area is 80.7 Å². The van der Waals surface area contributed by atoms with Crippen LogP contribution in [0.1, 0.15) is 29.6 Å². The van der Waals surface area contributed by atoms with Crippen molar-refractivity contribution in [2.75, 3.05) is 0 Å². The lowest BCUT2D eigenvalue weighted by Gasteiger charge is -2.11. The van der Waals surface area contributed by atoms with Gasteiger partial charge in [-0.2, -0.15) is 5.26 Å². The third kappa shape index (κ3) is 1.34. The van der Waals surface area contributed by atoms with Crippen LogP contribution in [0.25, 0.3) is 0 Å². The van der Waals surface area contributed by atoms with E-state index < -0.39 is 11.5 Å². The fourth-order valence-corrected chi connectivity index (χ4v) is 2.21. The van der Waals surface area contributed by atoms with Gasteiger partial charge in [0.05, 0.1) is 11.5 Å². The van der Waals surface area contributed by atoms with Crippen molar-refractivity contribution in [1.29, 1.82) is 5.26 Å². The highest BCUT2D eigenvalue weighted by molar-refractivity contribution is 7.09. The highest BCUT2D eigenvalue weighted by Crippen LogP contribution is 2.54. The molecule has 68 valence electrons. The number of nitriles is 1. The van der Waals surface area contributed by atoms with Gasteiger partial charge in [-0.05, 0) is 19.8 Å². The van der Waals surface area contributed by atoms with E-state index in [0.717, 1.165) is 18.5 Å². The molecule has 0 amide bonds. The zero-order chi connectivity index (χ0) is 9.47. The molecule has 0 radical (unpaired) electrons. The molecule has 1 aromatic rings. The zero-order valence-corrected chi connectivity index (χ0v) is 8.14. The van der Waals surface area contributed by atoms with E-state index in [4.69, 9.17) is 5.26 Å². The van der Waals surface area contributed by atoms with Crippen LogP contribution < -0.4 is 0 Å². The van der Waals surface area contributed by atoms with Crippen molar-refractivity contribution in [3.8, 4) is 6.07 Å². The van der Waals surface area contributed by atoms with Crippen molar-refractivity contribution in [2.45, 2.75) is 25.9 Å². The summed E-state index contributed by atoms with van der Waals surface area (Å²) in [5.41, 5.74) is 0.386. The average molecular weight is 194 g/mol. The van der Waals surface area contributed by atoms with E-state index >= 15 is 0 Å². The van der Waals surface area contributed by atoms with E-state index in [1.807, 2.05) is 12.3 Å². The average Bonchev–Trinajstić information content (AvgIpc) is 2.82. The summed E-state index contributed by atoms with van der Waals surface area (Å²) >= 11 is 1.43. The van der Waals surface area contributed by atoms with Gasteiger partial charge >= 0.3 is 0 Å². The normalized spacial score (nSPS) is 20.7. The maximum Gasteiger partial charge on any atom is 0.124 e. The van der Waals surface area contributed by atoms with Crippen LogP contribution in [-0.2, 0) is 0 Å². The minimum absolute atomic E-state index is 0.524. The Morgan fingerprint density at radius 3 is 2.85 bits per heavy atom. The Kier molecular flexibility index (Phi) is 1.86. The lowest BCUT2D eigenvalue weighted by Crippen LogP contribution is -2.11. The van der Waals surface area contributed by atoms with Crippen molar-refractivity contribution < 1.29 is 5.11 Å². The number of hydrogen-bond acceptors (Lipinski definition) is 4. The monoisotopic (exact) mass is 194 g/mol. The smallest absolute Gasteiger partial charge is 0.124 e. The summed E-state index contributed by atoms with van der Waals surface area (Å²) < 4.78 is 0. The maximum atomic E-state index is 9.85. The van der Waals surface area contributed by atoms with Gasteiger partial charge in [-0.3, -0.25) is 0 Å². The molecule has 0 aromatic carbocycles. The van der Waals surface area contributed by atoms with Gasteiger partial charge in [0, 0.05) is 11.1 Å². The lowest BCUT2D eigenvalue weighted by molar-refractivity contribution is 0.122. The van der Waals surface area contributed by atoms with Crippen LogP contribution >= 0.6 is 11.3 Å². The quantitative estimate of drug-likeness (QED) is 0.780. The highest BCUT2D eigenvalue weighted by Gasteiger charge is 2.51. The number of aliphatic hydroxyl groups excluding tert-OH is 1. The Balaban J connectivity index is 2.23. The summed E-state index contributed by atoms with van der Waals surface area (Å²) in [5, 5.41) is 21.3. The van der Waals surface area contributed by atoms with Gasteiger partial charge in [-0.15, -0.1) is 11.3 Å². The first-order valence-corrected chi connectivity index (χ1v) is 5.07. The molecule has 2 rings (SSSR count). The molecule has 1 fully saturated rings. The number of rotatable bonds is 2. The SMILES string of the molecule is Cc1csc(C(O)C2(C#N)CC2)n1. The van der Waals surface area contributed by atoms with E-state index in [-0.39, 0.29) is 0 Å². The number of aromatic nitrogens is 1. The summed E-state index contributed by atoms with van der Waals surface area (Å²) in [6, 6.07) is 2.18. The molecule has 1 aliphatic carbocycles. The fraction of sp³-hybridized carbons (Fsp3) is 0.556. The number of nitrogens with zero attached hydrogens (tertiary/aromatic N) is 2. The molecule has 1 unspecified atom stereocenters. The van der Waals surface area contributed by atoms with Crippen LogP contribution in [0.15, 0.2) is 5.38 Å². The van der Waals surface area contributed by atoms with Gasteiger partial charge in [-0.25, -0.2) is 4.98 Å². The van der Waals surface area contributed by atoms with Crippen molar-refractivity contribution in [3.05, 3.63) is 16.1 Å². The van der Waals surface area contributed by atoms with E-state index in [2.05, 4.69) is 11.1 Å². The van der Waals surface area contributed by atoms with Gasteiger partial charge < -0.3 is 5.11 Å². The second-order valence-electron chi connectivity index (χ2n) is 3.50. The Bertz CT molecular complexity index is 362.